The lowest BCUT2D eigenvalue weighted by Crippen LogP contribution is -2.21. The second kappa shape index (κ2) is 4.08. The quantitative estimate of drug-likeness (QED) is 0.573. The molecule has 1 aromatic carbocycles. The van der Waals surface area contributed by atoms with Gasteiger partial charge in [0.25, 0.3) is 0 Å². The fourth-order valence-electron chi connectivity index (χ4n) is 2.30. The highest BCUT2D eigenvalue weighted by atomic mass is 16.1. The third-order valence-electron chi connectivity index (χ3n) is 3.26. The molecule has 1 atom stereocenters. The van der Waals surface area contributed by atoms with Gasteiger partial charge in [-0.05, 0) is 37.0 Å². The summed E-state index contributed by atoms with van der Waals surface area (Å²) < 4.78 is 0. The summed E-state index contributed by atoms with van der Waals surface area (Å²) in [5.41, 5.74) is 3.11. The molecular weight excluding hydrogens is 202 g/mol. The Morgan fingerprint density at radius 2 is 2.25 bits per heavy atom. The molecule has 0 aromatic heterocycles. The molecule has 16 heavy (non-hydrogen) atoms. The van der Waals surface area contributed by atoms with E-state index in [0.29, 0.717) is 0 Å². The molecule has 3 nitrogen and oxygen atoms in total. The van der Waals surface area contributed by atoms with Crippen LogP contribution in [-0.2, 0) is 11.2 Å². The van der Waals surface area contributed by atoms with Gasteiger partial charge >= 0.3 is 0 Å². The molecule has 1 aliphatic carbocycles. The Balaban J connectivity index is 2.40. The van der Waals surface area contributed by atoms with Crippen molar-refractivity contribution in [3.63, 3.8) is 0 Å². The highest BCUT2D eigenvalue weighted by Gasteiger charge is 2.25. The number of hydrogen-bond donors (Lipinski definition) is 0. The van der Waals surface area contributed by atoms with E-state index >= 15 is 0 Å². The summed E-state index contributed by atoms with van der Waals surface area (Å²) in [5.74, 6) is 0.0715. The number of fused-ring (bicyclic) bond motifs is 1. The Morgan fingerprint density at radius 3 is 2.88 bits per heavy atom. The molecule has 0 N–H and O–H groups in total. The van der Waals surface area contributed by atoms with E-state index in [0.717, 1.165) is 30.4 Å². The molecule has 0 heterocycles. The van der Waals surface area contributed by atoms with Gasteiger partial charge < -0.3 is 4.90 Å². The van der Waals surface area contributed by atoms with Crippen molar-refractivity contribution in [1.82, 2.24) is 4.90 Å². The van der Waals surface area contributed by atoms with Crippen molar-refractivity contribution in [1.29, 1.82) is 0 Å². The topological polar surface area (TPSA) is 37.4 Å². The molecule has 1 unspecified atom stereocenters. The molecule has 0 radical (unpaired) electrons. The number of ketones is 1. The van der Waals surface area contributed by atoms with Gasteiger partial charge in [0.1, 0.15) is 0 Å². The van der Waals surface area contributed by atoms with Gasteiger partial charge in [0, 0.05) is 12.6 Å². The van der Waals surface area contributed by atoms with E-state index in [1.165, 1.54) is 5.56 Å². The molecule has 0 saturated carbocycles. The zero-order valence-corrected chi connectivity index (χ0v) is 9.56. The Labute approximate surface area is 95.1 Å². The lowest BCUT2D eigenvalue weighted by Gasteiger charge is -2.20. The Kier molecular flexibility index (Phi) is 2.77. The summed E-state index contributed by atoms with van der Waals surface area (Å²) in [6.07, 6.45) is 2.78. The van der Waals surface area contributed by atoms with Crippen molar-refractivity contribution in [2.24, 2.45) is 0 Å². The molecule has 1 aliphatic rings. The Hall–Kier alpha value is -1.64. The average molecular weight is 217 g/mol. The average Bonchev–Trinajstić information content (AvgIpc) is 2.70. The summed E-state index contributed by atoms with van der Waals surface area (Å²) in [6.45, 7) is 1.56. The SMILES string of the molecule is CC(=O)c1ccc2c(c1)C(N(C)C=O)CC2. The molecule has 3 heteroatoms. The van der Waals surface area contributed by atoms with Gasteiger partial charge in [0.05, 0.1) is 6.04 Å². The van der Waals surface area contributed by atoms with Gasteiger partial charge in [-0.15, -0.1) is 0 Å². The van der Waals surface area contributed by atoms with Crippen molar-refractivity contribution in [2.45, 2.75) is 25.8 Å². The molecule has 84 valence electrons. The highest BCUT2D eigenvalue weighted by Crippen LogP contribution is 2.34. The number of aryl methyl sites for hydroxylation is 1. The summed E-state index contributed by atoms with van der Waals surface area (Å²) >= 11 is 0. The predicted octanol–water partition coefficient (Wildman–Crippen LogP) is 1.96. The minimum Gasteiger partial charge on any atom is -0.341 e. The third kappa shape index (κ3) is 1.73. The maximum atomic E-state index is 11.3. The van der Waals surface area contributed by atoms with Crippen LogP contribution in [-0.4, -0.2) is 24.1 Å². The maximum Gasteiger partial charge on any atom is 0.209 e. The van der Waals surface area contributed by atoms with Crippen LogP contribution in [0.25, 0.3) is 0 Å². The lowest BCUT2D eigenvalue weighted by molar-refractivity contribution is -0.118. The highest BCUT2D eigenvalue weighted by molar-refractivity contribution is 5.94. The van der Waals surface area contributed by atoms with Crippen molar-refractivity contribution < 1.29 is 9.59 Å². The number of amides is 1. The number of nitrogens with zero attached hydrogens (tertiary/aromatic N) is 1. The van der Waals surface area contributed by atoms with Crippen LogP contribution in [0, 0.1) is 0 Å². The van der Waals surface area contributed by atoms with Crippen molar-refractivity contribution in [2.75, 3.05) is 7.05 Å². The number of Topliss-reactive ketones (excluding diaryl/α,β-unsaturated/α-hetero) is 1. The monoisotopic (exact) mass is 217 g/mol. The zero-order valence-electron chi connectivity index (χ0n) is 9.56. The van der Waals surface area contributed by atoms with Gasteiger partial charge in [-0.25, -0.2) is 0 Å². The molecule has 0 bridgehead atoms. The third-order valence-corrected chi connectivity index (χ3v) is 3.26. The molecular formula is C13H15NO2. The van der Waals surface area contributed by atoms with Crippen LogP contribution in [0.4, 0.5) is 0 Å². The molecule has 2 rings (SSSR count). The van der Waals surface area contributed by atoms with Crippen LogP contribution < -0.4 is 0 Å². The normalized spacial score (nSPS) is 18.0. The lowest BCUT2D eigenvalue weighted by atomic mass is 10.0. The van der Waals surface area contributed by atoms with E-state index in [2.05, 4.69) is 0 Å². The summed E-state index contributed by atoms with van der Waals surface area (Å²) in [4.78, 5) is 23.8. The van der Waals surface area contributed by atoms with E-state index in [9.17, 15) is 9.59 Å². The zero-order chi connectivity index (χ0) is 11.7. The number of carbonyl (C=O) groups excluding carboxylic acids is 2. The molecule has 0 saturated heterocycles. The Morgan fingerprint density at radius 1 is 1.50 bits per heavy atom. The van der Waals surface area contributed by atoms with Gasteiger partial charge in [-0.3, -0.25) is 9.59 Å². The molecule has 0 fully saturated rings. The largest absolute Gasteiger partial charge is 0.341 e. The second-order valence-electron chi connectivity index (χ2n) is 4.30. The van der Waals surface area contributed by atoms with E-state index in [-0.39, 0.29) is 11.8 Å². The van der Waals surface area contributed by atoms with Gasteiger partial charge in [0.15, 0.2) is 5.78 Å². The molecule has 0 aliphatic heterocycles. The second-order valence-corrected chi connectivity index (χ2v) is 4.30. The predicted molar refractivity (Wildman–Crippen MR) is 61.3 cm³/mol. The summed E-state index contributed by atoms with van der Waals surface area (Å²) in [6, 6.07) is 5.93. The minimum atomic E-state index is 0.0715. The van der Waals surface area contributed by atoms with Crippen LogP contribution in [0.5, 0.6) is 0 Å². The first-order valence-electron chi connectivity index (χ1n) is 5.44. The number of rotatable bonds is 3. The van der Waals surface area contributed by atoms with Gasteiger partial charge in [0.2, 0.25) is 6.41 Å². The van der Waals surface area contributed by atoms with Gasteiger partial charge in [-0.1, -0.05) is 12.1 Å². The van der Waals surface area contributed by atoms with Crippen molar-refractivity contribution >= 4 is 12.2 Å². The first-order valence-corrected chi connectivity index (χ1v) is 5.44. The van der Waals surface area contributed by atoms with Crippen molar-refractivity contribution in [3.8, 4) is 0 Å². The fraction of sp³-hybridized carbons (Fsp3) is 0.385. The number of hydrogen-bond acceptors (Lipinski definition) is 2. The first kappa shape index (κ1) is 10.9. The standard InChI is InChI=1S/C13H15NO2/c1-9(16)11-4-3-10-5-6-13(12(10)7-11)14(2)8-15/h3-4,7-8,13H,5-6H2,1-2H3. The van der Waals surface area contributed by atoms with Crippen LogP contribution in [0.15, 0.2) is 18.2 Å². The van der Waals surface area contributed by atoms with Crippen LogP contribution >= 0.6 is 0 Å². The molecule has 1 aromatic rings. The van der Waals surface area contributed by atoms with Crippen LogP contribution in [0.2, 0.25) is 0 Å². The van der Waals surface area contributed by atoms with E-state index in [4.69, 9.17) is 0 Å². The fourth-order valence-corrected chi connectivity index (χ4v) is 2.30. The van der Waals surface area contributed by atoms with E-state index in [1.807, 2.05) is 18.2 Å². The first-order chi connectivity index (χ1) is 7.63. The summed E-state index contributed by atoms with van der Waals surface area (Å²) in [7, 11) is 1.78. The van der Waals surface area contributed by atoms with E-state index < -0.39 is 0 Å². The number of carbonyl (C=O) groups is 2. The van der Waals surface area contributed by atoms with Crippen LogP contribution in [0.3, 0.4) is 0 Å². The number of benzene rings is 1. The smallest absolute Gasteiger partial charge is 0.209 e. The van der Waals surface area contributed by atoms with Gasteiger partial charge in [-0.2, -0.15) is 0 Å². The molecule has 0 spiro atoms. The molecule has 1 amide bonds. The van der Waals surface area contributed by atoms with Crippen LogP contribution in [0.1, 0.15) is 40.9 Å². The Bertz CT molecular complexity index is 440. The van der Waals surface area contributed by atoms with E-state index in [1.54, 1.807) is 18.9 Å². The minimum absolute atomic E-state index is 0.0715. The maximum absolute atomic E-state index is 11.3. The van der Waals surface area contributed by atoms with Crippen molar-refractivity contribution in [3.05, 3.63) is 34.9 Å². The summed E-state index contributed by atoms with van der Waals surface area (Å²) in [5, 5.41) is 0.